The molecular weight excluding hydrogens is 382 g/mol. The van der Waals surface area contributed by atoms with Crippen molar-refractivity contribution >= 4 is 23.5 Å². The van der Waals surface area contributed by atoms with E-state index in [1.54, 1.807) is 19.0 Å². The van der Waals surface area contributed by atoms with E-state index < -0.39 is 30.1 Å². The number of ether oxygens (including phenoxy) is 2. The molecule has 1 aliphatic rings. The zero-order valence-electron chi connectivity index (χ0n) is 16.9. The summed E-state index contributed by atoms with van der Waals surface area (Å²) in [6.07, 6.45) is -0.525. The lowest BCUT2D eigenvalue weighted by atomic mass is 10.1. The number of nitrogens with zero attached hydrogens (tertiary/aromatic N) is 6. The summed E-state index contributed by atoms with van der Waals surface area (Å²) in [6, 6.07) is 0. The van der Waals surface area contributed by atoms with Crippen molar-refractivity contribution in [1.29, 1.82) is 0 Å². The van der Waals surface area contributed by atoms with E-state index in [2.05, 4.69) is 19.9 Å². The van der Waals surface area contributed by atoms with Crippen molar-refractivity contribution in [1.82, 2.24) is 29.3 Å². The molecule has 1 aliphatic heterocycles. The van der Waals surface area contributed by atoms with E-state index in [1.165, 1.54) is 17.2 Å². The number of likely N-dealkylation sites (N-methyl/N-ethyl adjacent to an activating group) is 1. The highest BCUT2D eigenvalue weighted by Gasteiger charge is 2.45. The van der Waals surface area contributed by atoms with Crippen LogP contribution in [0.5, 0.6) is 0 Å². The molecular formula is C17H27N7O5. The molecule has 3 rings (SSSR count). The summed E-state index contributed by atoms with van der Waals surface area (Å²) in [5.74, 6) is 0.111. The molecule has 0 aliphatic carbocycles. The highest BCUT2D eigenvalue weighted by Crippen LogP contribution is 2.33. The Hall–Kier alpha value is -2.38. The predicted octanol–water partition coefficient (Wildman–Crippen LogP) is -1.46. The maximum atomic E-state index is 12.4. The Bertz CT molecular complexity index is 909. The SMILES string of the molecule is CN(C)/C=N/c1nc2c(ncn2[C@@H]2O[C@H](CO)[C@@H](O)[C@H]2OCCN(C)C)c(=O)[nH]1. The molecule has 1 fully saturated rings. The normalized spacial score (nSPS) is 24.9. The van der Waals surface area contributed by atoms with Crippen LogP contribution in [-0.4, -0.2) is 112 Å². The van der Waals surface area contributed by atoms with Crippen molar-refractivity contribution in [2.45, 2.75) is 24.5 Å². The van der Waals surface area contributed by atoms with Gasteiger partial charge < -0.3 is 29.5 Å². The average molecular weight is 409 g/mol. The maximum Gasteiger partial charge on any atom is 0.280 e. The van der Waals surface area contributed by atoms with Crippen LogP contribution in [0.2, 0.25) is 0 Å². The number of imidazole rings is 1. The molecule has 12 heteroatoms. The van der Waals surface area contributed by atoms with Crippen LogP contribution in [0.4, 0.5) is 5.95 Å². The van der Waals surface area contributed by atoms with Gasteiger partial charge in [0.05, 0.1) is 25.9 Å². The lowest BCUT2D eigenvalue weighted by Gasteiger charge is -2.23. The molecule has 12 nitrogen and oxygen atoms in total. The molecule has 0 spiro atoms. The number of nitrogens with one attached hydrogen (secondary N) is 1. The Labute approximate surface area is 167 Å². The van der Waals surface area contributed by atoms with Gasteiger partial charge in [0, 0.05) is 20.6 Å². The van der Waals surface area contributed by atoms with Gasteiger partial charge in [-0.05, 0) is 14.1 Å². The fraction of sp³-hybridized carbons (Fsp3) is 0.647. The van der Waals surface area contributed by atoms with E-state index in [0.29, 0.717) is 13.2 Å². The minimum absolute atomic E-state index is 0.111. The van der Waals surface area contributed by atoms with Crippen molar-refractivity contribution in [2.75, 3.05) is 47.9 Å². The molecule has 2 aromatic heterocycles. The lowest BCUT2D eigenvalue weighted by Crippen LogP contribution is -2.37. The van der Waals surface area contributed by atoms with Gasteiger partial charge in [-0.15, -0.1) is 0 Å². The number of hydrogen-bond acceptors (Lipinski definition) is 9. The Morgan fingerprint density at radius 1 is 1.41 bits per heavy atom. The van der Waals surface area contributed by atoms with E-state index in [1.807, 2.05) is 19.0 Å². The van der Waals surface area contributed by atoms with Gasteiger partial charge in [0.15, 0.2) is 17.4 Å². The van der Waals surface area contributed by atoms with Crippen LogP contribution in [0.3, 0.4) is 0 Å². The topological polar surface area (TPSA) is 141 Å². The number of rotatable bonds is 8. The van der Waals surface area contributed by atoms with Gasteiger partial charge in [-0.25, -0.2) is 9.98 Å². The third-order valence-corrected chi connectivity index (χ3v) is 4.45. The third-order valence-electron chi connectivity index (χ3n) is 4.45. The second-order valence-corrected chi connectivity index (χ2v) is 7.30. The molecule has 0 unspecified atom stereocenters. The summed E-state index contributed by atoms with van der Waals surface area (Å²) < 4.78 is 13.2. The van der Waals surface area contributed by atoms with Crippen LogP contribution in [0.1, 0.15) is 6.23 Å². The summed E-state index contributed by atoms with van der Waals surface area (Å²) in [4.78, 5) is 31.2. The number of aliphatic hydroxyl groups is 2. The predicted molar refractivity (Wildman–Crippen MR) is 105 cm³/mol. The average Bonchev–Trinajstić information content (AvgIpc) is 3.21. The smallest absolute Gasteiger partial charge is 0.280 e. The number of H-pyrrole nitrogens is 1. The number of aliphatic imine (C=N–C) groups is 1. The van der Waals surface area contributed by atoms with Gasteiger partial charge in [-0.1, -0.05) is 0 Å². The number of aromatic amines is 1. The minimum Gasteiger partial charge on any atom is -0.394 e. The molecule has 3 N–H and O–H groups in total. The first-order chi connectivity index (χ1) is 13.8. The van der Waals surface area contributed by atoms with Gasteiger partial charge in [0.1, 0.15) is 18.3 Å². The summed E-state index contributed by atoms with van der Waals surface area (Å²) in [5, 5.41) is 20.1. The van der Waals surface area contributed by atoms with E-state index in [9.17, 15) is 15.0 Å². The van der Waals surface area contributed by atoms with Crippen molar-refractivity contribution in [2.24, 2.45) is 4.99 Å². The fourth-order valence-corrected chi connectivity index (χ4v) is 2.98. The quantitative estimate of drug-likeness (QED) is 0.352. The molecule has 1 saturated heterocycles. The molecule has 0 amide bonds. The van der Waals surface area contributed by atoms with Crippen molar-refractivity contribution in [3.05, 3.63) is 16.7 Å². The fourth-order valence-electron chi connectivity index (χ4n) is 2.98. The van der Waals surface area contributed by atoms with Crippen LogP contribution in [0.15, 0.2) is 16.1 Å². The van der Waals surface area contributed by atoms with Crippen LogP contribution >= 0.6 is 0 Å². The second kappa shape index (κ2) is 8.97. The molecule has 4 atom stereocenters. The Kier molecular flexibility index (Phi) is 6.59. The van der Waals surface area contributed by atoms with Crippen molar-refractivity contribution in [3.63, 3.8) is 0 Å². The first-order valence-electron chi connectivity index (χ1n) is 9.20. The van der Waals surface area contributed by atoms with Crippen molar-refractivity contribution < 1.29 is 19.7 Å². The van der Waals surface area contributed by atoms with E-state index in [-0.39, 0.29) is 23.7 Å². The molecule has 0 radical (unpaired) electrons. The van der Waals surface area contributed by atoms with Crippen LogP contribution in [0, 0.1) is 0 Å². The van der Waals surface area contributed by atoms with E-state index in [0.717, 1.165) is 0 Å². The first-order valence-corrected chi connectivity index (χ1v) is 9.20. The van der Waals surface area contributed by atoms with Gasteiger partial charge in [0.2, 0.25) is 5.95 Å². The second-order valence-electron chi connectivity index (χ2n) is 7.30. The standard InChI is InChI=1S/C17H27N7O5/c1-22(2)5-6-28-13-12(26)10(7-25)29-16(13)24-9-18-11-14(24)20-17(21-15(11)27)19-8-23(3)4/h8-10,12-13,16,25-26H,5-7H2,1-4H3,(H,20,21,27)/b19-8+/t10-,12-,13-,16-/m1/s1. The third kappa shape index (κ3) is 4.62. The molecule has 160 valence electrons. The first kappa shape index (κ1) is 21.3. The summed E-state index contributed by atoms with van der Waals surface area (Å²) in [5.41, 5.74) is -0.0787. The van der Waals surface area contributed by atoms with Crippen LogP contribution in [-0.2, 0) is 9.47 Å². The van der Waals surface area contributed by atoms with E-state index >= 15 is 0 Å². The highest BCUT2D eigenvalue weighted by atomic mass is 16.6. The molecule has 0 saturated carbocycles. The highest BCUT2D eigenvalue weighted by molar-refractivity contribution is 5.71. The molecule has 29 heavy (non-hydrogen) atoms. The minimum atomic E-state index is -1.04. The lowest BCUT2D eigenvalue weighted by molar-refractivity contribution is -0.0722. The van der Waals surface area contributed by atoms with Crippen LogP contribution in [0.25, 0.3) is 11.2 Å². The zero-order valence-corrected chi connectivity index (χ0v) is 16.9. The summed E-state index contributed by atoms with van der Waals surface area (Å²) in [6.45, 7) is 0.627. The molecule has 3 heterocycles. The molecule has 0 aromatic carbocycles. The van der Waals surface area contributed by atoms with Gasteiger partial charge >= 0.3 is 0 Å². The van der Waals surface area contributed by atoms with Crippen LogP contribution < -0.4 is 5.56 Å². The Balaban J connectivity index is 1.96. The number of fused-ring (bicyclic) bond motifs is 1. The number of aromatic nitrogens is 4. The van der Waals surface area contributed by atoms with Gasteiger partial charge in [-0.3, -0.25) is 14.3 Å². The monoisotopic (exact) mass is 409 g/mol. The Morgan fingerprint density at radius 2 is 2.17 bits per heavy atom. The zero-order chi connectivity index (χ0) is 21.1. The largest absolute Gasteiger partial charge is 0.394 e. The van der Waals surface area contributed by atoms with Gasteiger partial charge in [0.25, 0.3) is 5.56 Å². The molecule has 0 bridgehead atoms. The number of hydrogen-bond donors (Lipinski definition) is 3. The van der Waals surface area contributed by atoms with E-state index in [4.69, 9.17) is 9.47 Å². The molecule has 2 aromatic rings. The van der Waals surface area contributed by atoms with Gasteiger partial charge in [-0.2, -0.15) is 4.98 Å². The number of aliphatic hydroxyl groups excluding tert-OH is 2. The Morgan fingerprint density at radius 3 is 2.83 bits per heavy atom. The maximum absolute atomic E-state index is 12.4. The summed E-state index contributed by atoms with van der Waals surface area (Å²) >= 11 is 0. The summed E-state index contributed by atoms with van der Waals surface area (Å²) in [7, 11) is 7.41. The van der Waals surface area contributed by atoms with Crippen molar-refractivity contribution in [3.8, 4) is 0 Å².